The van der Waals surface area contributed by atoms with Gasteiger partial charge in [0.25, 0.3) is 0 Å². The van der Waals surface area contributed by atoms with Gasteiger partial charge in [-0.1, -0.05) is 27.7 Å². The van der Waals surface area contributed by atoms with Crippen LogP contribution in [0.25, 0.3) is 0 Å². The molecular formula is C18H33N5O6. The molecule has 0 bridgehead atoms. The van der Waals surface area contributed by atoms with E-state index in [1.807, 2.05) is 27.7 Å². The molecule has 0 heterocycles. The average Bonchev–Trinajstić information content (AvgIpc) is 2.56. The molecule has 0 aromatic rings. The van der Waals surface area contributed by atoms with Crippen LogP contribution < -0.4 is 27.4 Å². The standard InChI is InChI=1S/C18H33N5O6/c1-9(2)5-11(19)16(26)23-12(7-14(20)24)17(27)21-8-15(25)22-13(18(28)29)6-10(3)4/h9-13H,5-8,19H2,1-4H3,(H2,20,24)(H,21,27)(H,22,25)(H,23,26)(H,28,29). The smallest absolute Gasteiger partial charge is 0.326 e. The summed E-state index contributed by atoms with van der Waals surface area (Å²) in [5.41, 5.74) is 10.9. The van der Waals surface area contributed by atoms with E-state index >= 15 is 0 Å². The molecule has 0 saturated carbocycles. The fourth-order valence-corrected chi connectivity index (χ4v) is 2.53. The third kappa shape index (κ3) is 11.7. The van der Waals surface area contributed by atoms with E-state index in [-0.39, 0.29) is 18.3 Å². The highest BCUT2D eigenvalue weighted by molar-refractivity contribution is 5.95. The monoisotopic (exact) mass is 415 g/mol. The van der Waals surface area contributed by atoms with Crippen LogP contribution in [0.1, 0.15) is 47.0 Å². The lowest BCUT2D eigenvalue weighted by Crippen LogP contribution is -2.54. The summed E-state index contributed by atoms with van der Waals surface area (Å²) in [7, 11) is 0. The normalized spacial score (nSPS) is 14.0. The van der Waals surface area contributed by atoms with Gasteiger partial charge >= 0.3 is 5.97 Å². The highest BCUT2D eigenvalue weighted by Crippen LogP contribution is 2.05. The first kappa shape index (κ1) is 26.3. The van der Waals surface area contributed by atoms with Crippen molar-refractivity contribution in [1.82, 2.24) is 16.0 Å². The van der Waals surface area contributed by atoms with E-state index in [1.54, 1.807) is 0 Å². The molecule has 3 atom stereocenters. The summed E-state index contributed by atoms with van der Waals surface area (Å²) in [6.07, 6.45) is 0.132. The Balaban J connectivity index is 4.85. The lowest BCUT2D eigenvalue weighted by molar-refractivity contribution is -0.142. The number of carboxylic acid groups (broad SMARTS) is 1. The van der Waals surface area contributed by atoms with Gasteiger partial charge in [0.15, 0.2) is 0 Å². The van der Waals surface area contributed by atoms with Gasteiger partial charge in [0.2, 0.25) is 23.6 Å². The SMILES string of the molecule is CC(C)CC(N)C(=O)NC(CC(N)=O)C(=O)NCC(=O)NC(CC(C)C)C(=O)O. The van der Waals surface area contributed by atoms with E-state index in [4.69, 9.17) is 16.6 Å². The zero-order valence-corrected chi connectivity index (χ0v) is 17.4. The Kier molecular flexibility index (Phi) is 11.5. The summed E-state index contributed by atoms with van der Waals surface area (Å²) in [4.78, 5) is 58.8. The van der Waals surface area contributed by atoms with Crippen LogP contribution >= 0.6 is 0 Å². The Morgan fingerprint density at radius 1 is 0.862 bits per heavy atom. The van der Waals surface area contributed by atoms with Crippen molar-refractivity contribution in [2.24, 2.45) is 23.3 Å². The van der Waals surface area contributed by atoms with Crippen molar-refractivity contribution in [3.05, 3.63) is 0 Å². The number of primary amides is 1. The number of aliphatic carboxylic acids is 1. The highest BCUT2D eigenvalue weighted by Gasteiger charge is 2.27. The van der Waals surface area contributed by atoms with E-state index < -0.39 is 60.7 Å². The van der Waals surface area contributed by atoms with E-state index in [0.29, 0.717) is 6.42 Å². The number of hydrogen-bond donors (Lipinski definition) is 6. The Bertz CT molecular complexity index is 608. The van der Waals surface area contributed by atoms with Gasteiger partial charge in [0.1, 0.15) is 12.1 Å². The summed E-state index contributed by atoms with van der Waals surface area (Å²) >= 11 is 0. The third-order valence-corrected chi connectivity index (χ3v) is 3.86. The molecule has 0 aromatic carbocycles. The molecule has 0 fully saturated rings. The molecule has 8 N–H and O–H groups in total. The Morgan fingerprint density at radius 3 is 1.86 bits per heavy atom. The Labute approximate surface area is 170 Å². The minimum Gasteiger partial charge on any atom is -0.480 e. The number of hydrogen-bond acceptors (Lipinski definition) is 6. The van der Waals surface area contributed by atoms with Crippen LogP contribution in [0.5, 0.6) is 0 Å². The highest BCUT2D eigenvalue weighted by atomic mass is 16.4. The van der Waals surface area contributed by atoms with Gasteiger partial charge in [0, 0.05) is 0 Å². The van der Waals surface area contributed by atoms with Gasteiger partial charge in [-0.3, -0.25) is 19.2 Å². The topological polar surface area (TPSA) is 194 Å². The molecular weight excluding hydrogens is 382 g/mol. The molecule has 11 nitrogen and oxygen atoms in total. The predicted molar refractivity (Wildman–Crippen MR) is 105 cm³/mol. The van der Waals surface area contributed by atoms with Crippen molar-refractivity contribution in [2.75, 3.05) is 6.54 Å². The minimum atomic E-state index is -1.29. The van der Waals surface area contributed by atoms with Gasteiger partial charge in [-0.2, -0.15) is 0 Å². The summed E-state index contributed by atoms with van der Waals surface area (Å²) in [6.45, 7) is 6.85. The zero-order valence-electron chi connectivity index (χ0n) is 17.4. The number of carbonyl (C=O) groups excluding carboxylic acids is 4. The molecule has 0 rings (SSSR count). The second-order valence-electron chi connectivity index (χ2n) is 7.77. The van der Waals surface area contributed by atoms with Crippen LogP contribution in [0.4, 0.5) is 0 Å². The van der Waals surface area contributed by atoms with Crippen molar-refractivity contribution < 1.29 is 29.1 Å². The lowest BCUT2D eigenvalue weighted by Gasteiger charge is -2.21. The van der Waals surface area contributed by atoms with Gasteiger partial charge < -0.3 is 32.5 Å². The fourth-order valence-electron chi connectivity index (χ4n) is 2.53. The maximum Gasteiger partial charge on any atom is 0.326 e. The number of carbonyl (C=O) groups is 5. The molecule has 0 aliphatic rings. The van der Waals surface area contributed by atoms with E-state index in [1.165, 1.54) is 0 Å². The van der Waals surface area contributed by atoms with E-state index in [2.05, 4.69) is 16.0 Å². The molecule has 0 saturated heterocycles. The number of nitrogens with one attached hydrogen (secondary N) is 3. The minimum absolute atomic E-state index is 0.0381. The Morgan fingerprint density at radius 2 is 1.41 bits per heavy atom. The van der Waals surface area contributed by atoms with Gasteiger partial charge in [-0.15, -0.1) is 0 Å². The van der Waals surface area contributed by atoms with Crippen LogP contribution in [-0.2, 0) is 24.0 Å². The maximum atomic E-state index is 12.3. The van der Waals surface area contributed by atoms with Crippen LogP contribution in [-0.4, -0.2) is 59.4 Å². The third-order valence-electron chi connectivity index (χ3n) is 3.86. The van der Waals surface area contributed by atoms with Crippen LogP contribution in [0.2, 0.25) is 0 Å². The molecule has 0 radical (unpaired) electrons. The number of amides is 4. The summed E-state index contributed by atoms with van der Waals surface area (Å²) in [5, 5.41) is 16.1. The molecule has 3 unspecified atom stereocenters. The van der Waals surface area contributed by atoms with E-state index in [0.717, 1.165) is 0 Å². The average molecular weight is 415 g/mol. The maximum absolute atomic E-state index is 12.3. The quantitative estimate of drug-likeness (QED) is 0.209. The predicted octanol–water partition coefficient (Wildman–Crippen LogP) is -1.55. The first-order valence-electron chi connectivity index (χ1n) is 9.47. The molecule has 0 aliphatic carbocycles. The van der Waals surface area contributed by atoms with Gasteiger partial charge in [-0.25, -0.2) is 4.79 Å². The lowest BCUT2D eigenvalue weighted by atomic mass is 10.0. The Hall–Kier alpha value is -2.69. The van der Waals surface area contributed by atoms with Crippen molar-refractivity contribution in [2.45, 2.75) is 65.1 Å². The summed E-state index contributed by atoms with van der Waals surface area (Å²) < 4.78 is 0. The van der Waals surface area contributed by atoms with Crippen LogP contribution in [0.3, 0.4) is 0 Å². The molecule has 4 amide bonds. The molecule has 166 valence electrons. The molecule has 0 aromatic heterocycles. The van der Waals surface area contributed by atoms with Crippen molar-refractivity contribution >= 4 is 29.6 Å². The number of carboxylic acids is 1. The van der Waals surface area contributed by atoms with Gasteiger partial charge in [0.05, 0.1) is 19.0 Å². The zero-order chi connectivity index (χ0) is 22.7. The van der Waals surface area contributed by atoms with Crippen LogP contribution in [0, 0.1) is 11.8 Å². The van der Waals surface area contributed by atoms with Crippen molar-refractivity contribution in [3.63, 3.8) is 0 Å². The van der Waals surface area contributed by atoms with Crippen molar-refractivity contribution in [3.8, 4) is 0 Å². The largest absolute Gasteiger partial charge is 0.480 e. The molecule has 0 spiro atoms. The number of rotatable bonds is 13. The molecule has 11 heteroatoms. The van der Waals surface area contributed by atoms with Gasteiger partial charge in [-0.05, 0) is 24.7 Å². The first-order valence-corrected chi connectivity index (χ1v) is 9.47. The van der Waals surface area contributed by atoms with Crippen molar-refractivity contribution in [1.29, 1.82) is 0 Å². The second kappa shape index (κ2) is 12.7. The number of nitrogens with two attached hydrogens (primary N) is 2. The second-order valence-corrected chi connectivity index (χ2v) is 7.77. The summed E-state index contributed by atoms with van der Waals surface area (Å²) in [5.74, 6) is -3.96. The summed E-state index contributed by atoms with van der Waals surface area (Å²) in [6, 6.07) is -3.25. The molecule has 0 aliphatic heterocycles. The fraction of sp³-hybridized carbons (Fsp3) is 0.722. The van der Waals surface area contributed by atoms with Crippen LogP contribution in [0.15, 0.2) is 0 Å². The van der Waals surface area contributed by atoms with E-state index in [9.17, 15) is 24.0 Å². The molecule has 29 heavy (non-hydrogen) atoms. The first-order chi connectivity index (χ1) is 13.3.